The predicted octanol–water partition coefficient (Wildman–Crippen LogP) is 4.87. The van der Waals surface area contributed by atoms with E-state index in [1.165, 1.54) is 30.5 Å². The van der Waals surface area contributed by atoms with Crippen LogP contribution in [0.1, 0.15) is 5.56 Å². The summed E-state index contributed by atoms with van der Waals surface area (Å²) in [5.41, 5.74) is 0.225. The summed E-state index contributed by atoms with van der Waals surface area (Å²) in [6, 6.07) is 12.3. The van der Waals surface area contributed by atoms with E-state index in [0.717, 1.165) is 12.1 Å². The summed E-state index contributed by atoms with van der Waals surface area (Å²) in [6.07, 6.45) is 1.37. The van der Waals surface area contributed by atoms with Crippen LogP contribution in [0.15, 0.2) is 60.8 Å². The van der Waals surface area contributed by atoms with E-state index in [2.05, 4.69) is 4.98 Å². The van der Waals surface area contributed by atoms with Crippen molar-refractivity contribution in [3.8, 4) is 17.4 Å². The number of hydrogen-bond acceptors (Lipinski definition) is 3. The number of pyridine rings is 1. The number of rotatable bonds is 5. The van der Waals surface area contributed by atoms with Gasteiger partial charge in [0.25, 0.3) is 0 Å². The molecule has 3 nitrogen and oxygen atoms in total. The van der Waals surface area contributed by atoms with Gasteiger partial charge in [-0.25, -0.2) is 18.2 Å². The Bertz CT molecular complexity index is 838. The van der Waals surface area contributed by atoms with Crippen LogP contribution in [0.3, 0.4) is 0 Å². The van der Waals surface area contributed by atoms with E-state index in [4.69, 9.17) is 9.47 Å². The molecule has 0 atom stereocenters. The molecule has 1 heterocycles. The van der Waals surface area contributed by atoms with Gasteiger partial charge in [-0.05, 0) is 30.3 Å². The van der Waals surface area contributed by atoms with Crippen LogP contribution in [-0.4, -0.2) is 4.98 Å². The molecule has 0 unspecified atom stereocenters. The van der Waals surface area contributed by atoms with Crippen LogP contribution < -0.4 is 9.47 Å². The molecule has 6 heteroatoms. The summed E-state index contributed by atoms with van der Waals surface area (Å²) < 4.78 is 50.5. The number of hydrogen-bond donors (Lipinski definition) is 0. The Balaban J connectivity index is 1.63. The van der Waals surface area contributed by atoms with Crippen molar-refractivity contribution in [2.45, 2.75) is 6.61 Å². The molecular weight excluding hydrogens is 319 g/mol. The average Bonchev–Trinajstić information content (AvgIpc) is 2.57. The highest BCUT2D eigenvalue weighted by molar-refractivity contribution is 5.30. The van der Waals surface area contributed by atoms with Gasteiger partial charge in [-0.1, -0.05) is 12.1 Å². The Morgan fingerprint density at radius 1 is 0.875 bits per heavy atom. The third-order valence-electron chi connectivity index (χ3n) is 3.17. The third-order valence-corrected chi connectivity index (χ3v) is 3.17. The SMILES string of the molecule is Fc1ccc(COc2ccc(Oc3ccccc3F)nc2)c(F)c1. The van der Waals surface area contributed by atoms with Crippen molar-refractivity contribution in [3.63, 3.8) is 0 Å². The predicted molar refractivity (Wildman–Crippen MR) is 81.4 cm³/mol. The van der Waals surface area contributed by atoms with E-state index in [0.29, 0.717) is 5.75 Å². The minimum absolute atomic E-state index is 0.0621. The van der Waals surface area contributed by atoms with E-state index >= 15 is 0 Å². The Morgan fingerprint density at radius 3 is 2.42 bits per heavy atom. The second-order valence-electron chi connectivity index (χ2n) is 4.89. The summed E-state index contributed by atoms with van der Waals surface area (Å²) >= 11 is 0. The summed E-state index contributed by atoms with van der Waals surface area (Å²) in [7, 11) is 0. The summed E-state index contributed by atoms with van der Waals surface area (Å²) in [4.78, 5) is 4.00. The molecule has 0 aliphatic carbocycles. The lowest BCUT2D eigenvalue weighted by Crippen LogP contribution is -1.99. The highest BCUT2D eigenvalue weighted by atomic mass is 19.1. The zero-order valence-corrected chi connectivity index (χ0v) is 12.4. The number of nitrogens with zero attached hydrogens (tertiary/aromatic N) is 1. The molecule has 0 N–H and O–H groups in total. The maximum absolute atomic E-state index is 13.5. The Kier molecular flexibility index (Phi) is 4.65. The normalized spacial score (nSPS) is 10.5. The lowest BCUT2D eigenvalue weighted by molar-refractivity contribution is 0.297. The number of benzene rings is 2. The van der Waals surface area contributed by atoms with Crippen molar-refractivity contribution in [2.24, 2.45) is 0 Å². The van der Waals surface area contributed by atoms with Crippen molar-refractivity contribution in [3.05, 3.63) is 83.8 Å². The highest BCUT2D eigenvalue weighted by Gasteiger charge is 2.07. The van der Waals surface area contributed by atoms with Gasteiger partial charge in [0.1, 0.15) is 24.0 Å². The quantitative estimate of drug-likeness (QED) is 0.668. The van der Waals surface area contributed by atoms with Crippen molar-refractivity contribution in [2.75, 3.05) is 0 Å². The van der Waals surface area contributed by atoms with E-state index < -0.39 is 17.5 Å². The van der Waals surface area contributed by atoms with Crippen LogP contribution >= 0.6 is 0 Å². The molecule has 0 fully saturated rings. The minimum atomic E-state index is -0.678. The fourth-order valence-corrected chi connectivity index (χ4v) is 1.95. The van der Waals surface area contributed by atoms with E-state index in [1.54, 1.807) is 18.2 Å². The maximum atomic E-state index is 13.5. The van der Waals surface area contributed by atoms with E-state index in [-0.39, 0.29) is 23.8 Å². The van der Waals surface area contributed by atoms with Gasteiger partial charge in [0.2, 0.25) is 5.88 Å². The van der Waals surface area contributed by atoms with Crippen LogP contribution in [-0.2, 0) is 6.61 Å². The first-order chi connectivity index (χ1) is 11.6. The topological polar surface area (TPSA) is 31.4 Å². The molecule has 2 aromatic carbocycles. The Labute approximate surface area is 136 Å². The monoisotopic (exact) mass is 331 g/mol. The summed E-state index contributed by atoms with van der Waals surface area (Å²) in [5.74, 6) is -1.19. The largest absolute Gasteiger partial charge is 0.487 e. The molecule has 0 aliphatic heterocycles. The average molecular weight is 331 g/mol. The third kappa shape index (κ3) is 3.84. The van der Waals surface area contributed by atoms with Crippen molar-refractivity contribution in [1.82, 2.24) is 4.98 Å². The molecule has 3 rings (SSSR count). The van der Waals surface area contributed by atoms with Gasteiger partial charge in [0, 0.05) is 17.7 Å². The van der Waals surface area contributed by atoms with Gasteiger partial charge in [-0.15, -0.1) is 0 Å². The van der Waals surface area contributed by atoms with Gasteiger partial charge < -0.3 is 9.47 Å². The van der Waals surface area contributed by atoms with Gasteiger partial charge in [0.15, 0.2) is 11.6 Å². The molecule has 0 saturated heterocycles. The highest BCUT2D eigenvalue weighted by Crippen LogP contribution is 2.24. The van der Waals surface area contributed by atoms with Gasteiger partial charge in [0.05, 0.1) is 6.20 Å². The fraction of sp³-hybridized carbons (Fsp3) is 0.0556. The molecule has 0 spiro atoms. The molecule has 0 radical (unpaired) electrons. The van der Waals surface area contributed by atoms with Crippen molar-refractivity contribution in [1.29, 1.82) is 0 Å². The second kappa shape index (κ2) is 7.04. The van der Waals surface area contributed by atoms with Crippen molar-refractivity contribution >= 4 is 0 Å². The van der Waals surface area contributed by atoms with E-state index in [9.17, 15) is 13.2 Å². The Hall–Kier alpha value is -3.02. The van der Waals surface area contributed by atoms with Gasteiger partial charge >= 0.3 is 0 Å². The number of halogens is 3. The zero-order chi connectivity index (χ0) is 16.9. The van der Waals surface area contributed by atoms with Crippen LogP contribution in [0.4, 0.5) is 13.2 Å². The van der Waals surface area contributed by atoms with Crippen LogP contribution in [0.2, 0.25) is 0 Å². The standard InChI is InChI=1S/C18H12F3NO2/c19-13-6-5-12(16(21)9-13)11-23-14-7-8-18(22-10-14)24-17-4-2-1-3-15(17)20/h1-10H,11H2. The van der Waals surface area contributed by atoms with Crippen LogP contribution in [0.25, 0.3) is 0 Å². The molecular formula is C18H12F3NO2. The lowest BCUT2D eigenvalue weighted by atomic mass is 10.2. The fourth-order valence-electron chi connectivity index (χ4n) is 1.95. The first kappa shape index (κ1) is 15.9. The molecule has 0 saturated carbocycles. The number of para-hydroxylation sites is 1. The molecule has 0 bridgehead atoms. The van der Waals surface area contributed by atoms with Gasteiger partial charge in [-0.3, -0.25) is 0 Å². The first-order valence-corrected chi connectivity index (χ1v) is 7.07. The summed E-state index contributed by atoms with van der Waals surface area (Å²) in [5, 5.41) is 0. The molecule has 24 heavy (non-hydrogen) atoms. The number of ether oxygens (including phenoxy) is 2. The van der Waals surface area contributed by atoms with Crippen molar-refractivity contribution < 1.29 is 22.6 Å². The van der Waals surface area contributed by atoms with E-state index in [1.807, 2.05) is 0 Å². The molecule has 0 aliphatic rings. The van der Waals surface area contributed by atoms with Gasteiger partial charge in [-0.2, -0.15) is 0 Å². The minimum Gasteiger partial charge on any atom is -0.487 e. The summed E-state index contributed by atoms with van der Waals surface area (Å²) in [6.45, 7) is -0.0681. The van der Waals surface area contributed by atoms with Crippen LogP contribution in [0.5, 0.6) is 17.4 Å². The first-order valence-electron chi connectivity index (χ1n) is 7.07. The lowest BCUT2D eigenvalue weighted by Gasteiger charge is -2.08. The number of aromatic nitrogens is 1. The second-order valence-corrected chi connectivity index (χ2v) is 4.89. The maximum Gasteiger partial charge on any atom is 0.219 e. The smallest absolute Gasteiger partial charge is 0.219 e. The van der Waals surface area contributed by atoms with Crippen LogP contribution in [0, 0.1) is 17.5 Å². The Morgan fingerprint density at radius 2 is 1.71 bits per heavy atom. The molecule has 1 aromatic heterocycles. The molecule has 3 aromatic rings. The zero-order valence-electron chi connectivity index (χ0n) is 12.4. The molecule has 122 valence electrons. The molecule has 0 amide bonds.